The summed E-state index contributed by atoms with van der Waals surface area (Å²) in [5.41, 5.74) is 12.0. The van der Waals surface area contributed by atoms with Gasteiger partial charge >= 0.3 is 11.9 Å². The van der Waals surface area contributed by atoms with Gasteiger partial charge in [-0.25, -0.2) is 9.79 Å². The zero-order valence-electron chi connectivity index (χ0n) is 21.3. The number of carboxylic acid groups (broad SMARTS) is 2. The van der Waals surface area contributed by atoms with Crippen molar-refractivity contribution in [3.05, 3.63) is 35.9 Å². The topological polar surface area (TPSA) is 218 Å². The van der Waals surface area contributed by atoms with E-state index in [1.54, 1.807) is 49.1 Å². The fourth-order valence-electron chi connectivity index (χ4n) is 4.03. The third-order valence-electron chi connectivity index (χ3n) is 5.91. The Bertz CT molecular complexity index is 1100. The van der Waals surface area contributed by atoms with Crippen molar-refractivity contribution in [2.45, 2.75) is 57.7 Å². The number of carbonyl (C=O) groups excluding carboxylic acids is 3. The van der Waals surface area contributed by atoms with E-state index in [2.05, 4.69) is 15.6 Å². The van der Waals surface area contributed by atoms with Gasteiger partial charge in [-0.3, -0.25) is 19.2 Å². The minimum atomic E-state index is -1.46. The van der Waals surface area contributed by atoms with Crippen LogP contribution in [0.3, 0.4) is 0 Å². The van der Waals surface area contributed by atoms with Gasteiger partial charge in [0.15, 0.2) is 5.96 Å². The molecule has 1 aromatic rings. The first-order chi connectivity index (χ1) is 17.9. The van der Waals surface area contributed by atoms with Gasteiger partial charge in [0.2, 0.25) is 17.7 Å². The quantitative estimate of drug-likeness (QED) is 0.123. The molecule has 206 valence electrons. The van der Waals surface area contributed by atoms with E-state index in [0.717, 1.165) is 5.56 Å². The van der Waals surface area contributed by atoms with Crippen LogP contribution in [0, 0.1) is 5.92 Å². The molecule has 1 aliphatic rings. The molecule has 1 aromatic carbocycles. The highest BCUT2D eigenvalue weighted by molar-refractivity contribution is 5.94. The Labute approximate surface area is 220 Å². The molecule has 8 N–H and O–H groups in total. The number of guanidine groups is 1. The van der Waals surface area contributed by atoms with E-state index < -0.39 is 54.2 Å². The number of rotatable bonds is 12. The van der Waals surface area contributed by atoms with Crippen LogP contribution in [0.2, 0.25) is 0 Å². The van der Waals surface area contributed by atoms with Crippen molar-refractivity contribution in [1.82, 2.24) is 15.5 Å². The van der Waals surface area contributed by atoms with Crippen molar-refractivity contribution >= 4 is 47.4 Å². The zero-order chi connectivity index (χ0) is 28.4. The van der Waals surface area contributed by atoms with Crippen LogP contribution in [0.5, 0.6) is 0 Å². The van der Waals surface area contributed by atoms with Gasteiger partial charge in [0, 0.05) is 25.1 Å². The molecule has 3 atom stereocenters. The Hall–Kier alpha value is -4.42. The maximum atomic E-state index is 12.8. The summed E-state index contributed by atoms with van der Waals surface area (Å²) in [6.45, 7) is 3.62. The van der Waals surface area contributed by atoms with Crippen LogP contribution < -0.4 is 22.1 Å². The van der Waals surface area contributed by atoms with Crippen LogP contribution in [0.1, 0.15) is 45.1 Å². The second-order valence-electron chi connectivity index (χ2n) is 9.28. The fourth-order valence-corrected chi connectivity index (χ4v) is 4.03. The van der Waals surface area contributed by atoms with Crippen LogP contribution in [0.25, 0.3) is 6.08 Å². The molecule has 0 spiro atoms. The van der Waals surface area contributed by atoms with Crippen molar-refractivity contribution < 1.29 is 34.2 Å². The van der Waals surface area contributed by atoms with E-state index in [4.69, 9.17) is 11.5 Å². The van der Waals surface area contributed by atoms with Crippen LogP contribution in [0.15, 0.2) is 35.3 Å². The van der Waals surface area contributed by atoms with Gasteiger partial charge in [-0.2, -0.15) is 0 Å². The van der Waals surface area contributed by atoms with Crippen molar-refractivity contribution in [2.24, 2.45) is 22.4 Å². The number of benzene rings is 1. The summed E-state index contributed by atoms with van der Waals surface area (Å²) < 4.78 is 0. The summed E-state index contributed by atoms with van der Waals surface area (Å²) in [7, 11) is 0. The Morgan fingerprint density at radius 1 is 1.11 bits per heavy atom. The molecule has 1 heterocycles. The number of nitrogens with two attached hydrogens (primary N) is 2. The molecular formula is C25H34N6O7. The molecule has 2 rings (SSSR count). The average molecular weight is 531 g/mol. The standard InChI is InChI=1S/C25H34N6O7/c1-14(2)22(24(37)38)30-23(36)18(13-21(34)35)29-19(32)12-17-4-3-11-31(17)20(33)10-7-15-5-8-16(9-6-15)28-25(26)27/h5-10,14,17-18,22H,3-4,11-13H2,1-2H3,(H,29,32)(H,30,36)(H,34,35)(H,37,38)(H4,26,27,28)/b10-7+/t17-,18+,22+/m1/s1. The first kappa shape index (κ1) is 29.8. The van der Waals surface area contributed by atoms with E-state index in [0.29, 0.717) is 25.1 Å². The van der Waals surface area contributed by atoms with Crippen molar-refractivity contribution in [3.63, 3.8) is 0 Å². The fraction of sp³-hybridized carbons (Fsp3) is 0.440. The summed E-state index contributed by atoms with van der Waals surface area (Å²) in [5.74, 6) is -4.96. The number of amides is 3. The smallest absolute Gasteiger partial charge is 0.326 e. The van der Waals surface area contributed by atoms with E-state index >= 15 is 0 Å². The number of carboxylic acids is 2. The van der Waals surface area contributed by atoms with Gasteiger partial charge in [0.05, 0.1) is 12.1 Å². The lowest BCUT2D eigenvalue weighted by molar-refractivity contribution is -0.144. The maximum Gasteiger partial charge on any atom is 0.326 e. The molecule has 0 saturated carbocycles. The maximum absolute atomic E-state index is 12.8. The monoisotopic (exact) mass is 530 g/mol. The molecule has 13 heteroatoms. The second kappa shape index (κ2) is 13.8. The van der Waals surface area contributed by atoms with E-state index in [1.165, 1.54) is 6.08 Å². The molecule has 38 heavy (non-hydrogen) atoms. The Morgan fingerprint density at radius 2 is 1.76 bits per heavy atom. The minimum absolute atomic E-state index is 0.0671. The van der Waals surface area contributed by atoms with Gasteiger partial charge in [-0.15, -0.1) is 0 Å². The number of carbonyl (C=O) groups is 5. The number of hydrogen-bond acceptors (Lipinski definition) is 6. The summed E-state index contributed by atoms with van der Waals surface area (Å²) in [5, 5.41) is 23.1. The van der Waals surface area contributed by atoms with Crippen molar-refractivity contribution in [3.8, 4) is 0 Å². The van der Waals surface area contributed by atoms with Crippen LogP contribution in [-0.2, 0) is 24.0 Å². The Kier molecular flexibility index (Phi) is 10.8. The number of hydrogen-bond donors (Lipinski definition) is 6. The van der Waals surface area contributed by atoms with Gasteiger partial charge in [0.1, 0.15) is 12.1 Å². The molecule has 1 fully saturated rings. The molecule has 0 unspecified atom stereocenters. The molecule has 3 amide bonds. The van der Waals surface area contributed by atoms with Crippen LogP contribution >= 0.6 is 0 Å². The van der Waals surface area contributed by atoms with Gasteiger partial charge in [-0.1, -0.05) is 26.0 Å². The van der Waals surface area contributed by atoms with Gasteiger partial charge < -0.3 is 37.2 Å². The lowest BCUT2D eigenvalue weighted by Gasteiger charge is -2.25. The first-order valence-corrected chi connectivity index (χ1v) is 12.1. The molecule has 1 aliphatic heterocycles. The zero-order valence-corrected chi connectivity index (χ0v) is 21.3. The Morgan fingerprint density at radius 3 is 2.32 bits per heavy atom. The highest BCUT2D eigenvalue weighted by atomic mass is 16.4. The number of likely N-dealkylation sites (tertiary alicyclic amines) is 1. The molecule has 0 aliphatic carbocycles. The summed E-state index contributed by atoms with van der Waals surface area (Å²) in [6, 6.07) is 3.71. The largest absolute Gasteiger partial charge is 0.481 e. The first-order valence-electron chi connectivity index (χ1n) is 12.1. The summed E-state index contributed by atoms with van der Waals surface area (Å²) in [4.78, 5) is 66.2. The summed E-state index contributed by atoms with van der Waals surface area (Å²) >= 11 is 0. The van der Waals surface area contributed by atoms with Gasteiger partial charge in [-0.05, 0) is 42.5 Å². The highest BCUT2D eigenvalue weighted by Crippen LogP contribution is 2.21. The average Bonchev–Trinajstić information content (AvgIpc) is 3.28. The lowest BCUT2D eigenvalue weighted by atomic mass is 10.0. The third kappa shape index (κ3) is 9.22. The van der Waals surface area contributed by atoms with E-state index in [1.807, 2.05) is 0 Å². The van der Waals surface area contributed by atoms with Crippen LogP contribution in [0.4, 0.5) is 5.69 Å². The lowest BCUT2D eigenvalue weighted by Crippen LogP contribution is -2.54. The van der Waals surface area contributed by atoms with Crippen molar-refractivity contribution in [2.75, 3.05) is 6.54 Å². The molecule has 13 nitrogen and oxygen atoms in total. The molecule has 0 aromatic heterocycles. The molecular weight excluding hydrogens is 496 g/mol. The Balaban J connectivity index is 2.02. The van der Waals surface area contributed by atoms with Gasteiger partial charge in [0.25, 0.3) is 0 Å². The van der Waals surface area contributed by atoms with E-state index in [-0.39, 0.29) is 18.3 Å². The molecule has 1 saturated heterocycles. The predicted octanol–water partition coefficient (Wildman–Crippen LogP) is 0.171. The summed E-state index contributed by atoms with van der Waals surface area (Å²) in [6.07, 6.45) is 3.40. The van der Waals surface area contributed by atoms with Crippen molar-refractivity contribution in [1.29, 1.82) is 0 Å². The SMILES string of the molecule is CC(C)[C@H](NC(=O)[C@H](CC(=O)O)NC(=O)C[C@H]1CCCN1C(=O)/C=C/c1ccc(N=C(N)N)cc1)C(=O)O. The number of nitrogens with zero attached hydrogens (tertiary/aromatic N) is 2. The number of nitrogens with one attached hydrogen (secondary N) is 2. The normalized spacial score (nSPS) is 16.6. The molecule has 0 radical (unpaired) electrons. The predicted molar refractivity (Wildman–Crippen MR) is 139 cm³/mol. The highest BCUT2D eigenvalue weighted by Gasteiger charge is 2.33. The second-order valence-corrected chi connectivity index (χ2v) is 9.28. The molecule has 0 bridgehead atoms. The van der Waals surface area contributed by atoms with Crippen LogP contribution in [-0.4, -0.2) is 75.4 Å². The number of aliphatic carboxylic acids is 2. The minimum Gasteiger partial charge on any atom is -0.481 e. The number of aliphatic imine (C=N–C) groups is 1. The third-order valence-corrected chi connectivity index (χ3v) is 5.91. The van der Waals surface area contributed by atoms with E-state index in [9.17, 15) is 34.2 Å².